The highest BCUT2D eigenvalue weighted by Crippen LogP contribution is 2.19. The number of aliphatic imine (C=N–C) groups is 1. The number of halogens is 3. The zero-order valence-corrected chi connectivity index (χ0v) is 12.5. The molecule has 0 aliphatic carbocycles. The van der Waals surface area contributed by atoms with Gasteiger partial charge in [-0.05, 0) is 17.7 Å². The van der Waals surface area contributed by atoms with Crippen LogP contribution in [0.5, 0.6) is 5.75 Å². The van der Waals surface area contributed by atoms with Gasteiger partial charge in [-0.25, -0.2) is 10.4 Å². The first kappa shape index (κ1) is 16.5. The SMILES string of the molecule is O=C1NC(=NCc2ccc(OCC(F)(F)F)cc2)NC2NNCC12. The predicted octanol–water partition coefficient (Wildman–Crippen LogP) is 0.253. The number of alkyl halides is 3. The number of fused-ring (bicyclic) bond motifs is 1. The second kappa shape index (κ2) is 6.65. The zero-order chi connectivity index (χ0) is 17.2. The number of benzene rings is 1. The number of rotatable bonds is 4. The number of nitrogens with zero attached hydrogens (tertiary/aromatic N) is 1. The molecular formula is C14H16F3N5O2. The summed E-state index contributed by atoms with van der Waals surface area (Å²) in [7, 11) is 0. The van der Waals surface area contributed by atoms with Crippen molar-refractivity contribution in [1.29, 1.82) is 0 Å². The molecule has 0 radical (unpaired) electrons. The number of carbonyl (C=O) groups is 1. The first-order valence-corrected chi connectivity index (χ1v) is 7.29. The molecule has 2 saturated heterocycles. The van der Waals surface area contributed by atoms with Crippen molar-refractivity contribution >= 4 is 11.9 Å². The van der Waals surface area contributed by atoms with Crippen molar-refractivity contribution in [2.45, 2.75) is 18.9 Å². The van der Waals surface area contributed by atoms with Crippen LogP contribution in [0, 0.1) is 5.92 Å². The lowest BCUT2D eigenvalue weighted by molar-refractivity contribution is -0.153. The third kappa shape index (κ3) is 4.15. The Morgan fingerprint density at radius 3 is 2.71 bits per heavy atom. The van der Waals surface area contributed by atoms with E-state index in [0.717, 1.165) is 5.56 Å². The van der Waals surface area contributed by atoms with E-state index >= 15 is 0 Å². The topological polar surface area (TPSA) is 86.8 Å². The Kier molecular flexibility index (Phi) is 4.58. The summed E-state index contributed by atoms with van der Waals surface area (Å²) in [4.78, 5) is 16.1. The molecule has 24 heavy (non-hydrogen) atoms. The molecule has 0 spiro atoms. The van der Waals surface area contributed by atoms with Crippen molar-refractivity contribution in [2.24, 2.45) is 10.9 Å². The molecule has 0 aromatic heterocycles. The van der Waals surface area contributed by atoms with Crippen LogP contribution in [0.15, 0.2) is 29.3 Å². The second-order valence-corrected chi connectivity index (χ2v) is 5.46. The Bertz CT molecular complexity index is 632. The fourth-order valence-electron chi connectivity index (χ4n) is 2.38. The molecule has 2 aliphatic heterocycles. The minimum atomic E-state index is -4.36. The Balaban J connectivity index is 1.55. The maximum Gasteiger partial charge on any atom is 0.422 e. The van der Waals surface area contributed by atoms with Crippen molar-refractivity contribution < 1.29 is 22.7 Å². The highest BCUT2D eigenvalue weighted by molar-refractivity contribution is 6.01. The van der Waals surface area contributed by atoms with Gasteiger partial charge >= 0.3 is 6.18 Å². The number of nitrogens with one attached hydrogen (secondary N) is 4. The van der Waals surface area contributed by atoms with E-state index in [9.17, 15) is 18.0 Å². The smallest absolute Gasteiger partial charge is 0.422 e. The van der Waals surface area contributed by atoms with Gasteiger partial charge in [0.05, 0.1) is 12.5 Å². The minimum absolute atomic E-state index is 0.120. The molecule has 2 fully saturated rings. The third-order valence-corrected chi connectivity index (χ3v) is 3.60. The van der Waals surface area contributed by atoms with Crippen LogP contribution < -0.4 is 26.2 Å². The van der Waals surface area contributed by atoms with E-state index in [-0.39, 0.29) is 30.3 Å². The van der Waals surface area contributed by atoms with Crippen LogP contribution in [0.3, 0.4) is 0 Å². The first-order chi connectivity index (χ1) is 11.4. The van der Waals surface area contributed by atoms with E-state index in [1.807, 2.05) is 0 Å². The van der Waals surface area contributed by atoms with Crippen LogP contribution in [-0.2, 0) is 11.3 Å². The number of guanidine groups is 1. The van der Waals surface area contributed by atoms with E-state index in [1.54, 1.807) is 12.1 Å². The molecule has 2 atom stereocenters. The van der Waals surface area contributed by atoms with Crippen LogP contribution in [0.1, 0.15) is 5.56 Å². The maximum atomic E-state index is 12.1. The summed E-state index contributed by atoms with van der Waals surface area (Å²) in [5.74, 6) is 0.173. The normalized spacial score (nSPS) is 25.1. The van der Waals surface area contributed by atoms with E-state index < -0.39 is 12.8 Å². The number of amides is 1. The van der Waals surface area contributed by atoms with Gasteiger partial charge in [-0.15, -0.1) is 0 Å². The summed E-state index contributed by atoms with van der Waals surface area (Å²) >= 11 is 0. The molecule has 7 nitrogen and oxygen atoms in total. The van der Waals surface area contributed by atoms with Crippen LogP contribution in [0.2, 0.25) is 0 Å². The molecule has 1 aromatic rings. The van der Waals surface area contributed by atoms with Crippen LogP contribution in [-0.4, -0.2) is 37.4 Å². The minimum Gasteiger partial charge on any atom is -0.484 e. The van der Waals surface area contributed by atoms with E-state index in [2.05, 4.69) is 31.2 Å². The summed E-state index contributed by atoms with van der Waals surface area (Å²) < 4.78 is 40.9. The van der Waals surface area contributed by atoms with Crippen molar-refractivity contribution in [3.63, 3.8) is 0 Å². The largest absolute Gasteiger partial charge is 0.484 e. The summed E-state index contributed by atoms with van der Waals surface area (Å²) in [6, 6.07) is 6.15. The van der Waals surface area contributed by atoms with Gasteiger partial charge in [-0.1, -0.05) is 12.1 Å². The zero-order valence-electron chi connectivity index (χ0n) is 12.5. The van der Waals surface area contributed by atoms with Gasteiger partial charge in [0.2, 0.25) is 5.91 Å². The Morgan fingerprint density at radius 1 is 1.25 bits per heavy atom. The molecule has 2 unspecified atom stereocenters. The van der Waals surface area contributed by atoms with Crippen molar-refractivity contribution in [3.05, 3.63) is 29.8 Å². The first-order valence-electron chi connectivity index (χ1n) is 7.29. The van der Waals surface area contributed by atoms with Gasteiger partial charge in [-0.3, -0.25) is 15.5 Å². The lowest BCUT2D eigenvalue weighted by Crippen LogP contribution is -2.61. The van der Waals surface area contributed by atoms with Crippen molar-refractivity contribution in [3.8, 4) is 5.75 Å². The Labute approximate surface area is 135 Å². The number of hydrazine groups is 1. The molecule has 1 aromatic carbocycles. The molecule has 4 N–H and O–H groups in total. The fraction of sp³-hybridized carbons (Fsp3) is 0.429. The Hall–Kier alpha value is -2.33. The van der Waals surface area contributed by atoms with E-state index in [0.29, 0.717) is 12.5 Å². The summed E-state index contributed by atoms with van der Waals surface area (Å²) in [5, 5.41) is 5.74. The summed E-state index contributed by atoms with van der Waals surface area (Å²) in [6.07, 6.45) is -4.58. The predicted molar refractivity (Wildman–Crippen MR) is 78.8 cm³/mol. The highest BCUT2D eigenvalue weighted by atomic mass is 19.4. The number of hydrogen-bond acceptors (Lipinski definition) is 5. The van der Waals surface area contributed by atoms with Crippen LogP contribution in [0.4, 0.5) is 13.2 Å². The third-order valence-electron chi connectivity index (χ3n) is 3.60. The van der Waals surface area contributed by atoms with Crippen molar-refractivity contribution in [2.75, 3.05) is 13.2 Å². The monoisotopic (exact) mass is 343 g/mol. The molecule has 2 aliphatic rings. The molecule has 0 bridgehead atoms. The van der Waals surface area contributed by atoms with Crippen LogP contribution >= 0.6 is 0 Å². The van der Waals surface area contributed by atoms with E-state index in [4.69, 9.17) is 0 Å². The molecule has 3 rings (SSSR count). The van der Waals surface area contributed by atoms with Gasteiger partial charge in [-0.2, -0.15) is 13.2 Å². The van der Waals surface area contributed by atoms with Gasteiger partial charge in [0.1, 0.15) is 11.9 Å². The van der Waals surface area contributed by atoms with Gasteiger partial charge in [0.25, 0.3) is 0 Å². The maximum absolute atomic E-state index is 12.1. The van der Waals surface area contributed by atoms with Crippen LogP contribution in [0.25, 0.3) is 0 Å². The molecule has 2 heterocycles. The van der Waals surface area contributed by atoms with Gasteiger partial charge in [0.15, 0.2) is 12.6 Å². The average molecular weight is 343 g/mol. The van der Waals surface area contributed by atoms with E-state index in [1.165, 1.54) is 12.1 Å². The highest BCUT2D eigenvalue weighted by Gasteiger charge is 2.37. The quantitative estimate of drug-likeness (QED) is 0.630. The molecule has 0 saturated carbocycles. The average Bonchev–Trinajstić information content (AvgIpc) is 3.00. The molecule has 10 heteroatoms. The molecular weight excluding hydrogens is 327 g/mol. The summed E-state index contributed by atoms with van der Waals surface area (Å²) in [6.45, 7) is -0.517. The Morgan fingerprint density at radius 2 is 2.00 bits per heavy atom. The van der Waals surface area contributed by atoms with Gasteiger partial charge < -0.3 is 10.1 Å². The number of hydrogen-bond donors (Lipinski definition) is 4. The lowest BCUT2D eigenvalue weighted by atomic mass is 10.1. The van der Waals surface area contributed by atoms with Gasteiger partial charge in [0, 0.05) is 6.54 Å². The molecule has 130 valence electrons. The summed E-state index contributed by atoms with van der Waals surface area (Å²) in [5.41, 5.74) is 6.61. The fourth-order valence-corrected chi connectivity index (χ4v) is 2.38. The lowest BCUT2D eigenvalue weighted by Gasteiger charge is -2.27. The second-order valence-electron chi connectivity index (χ2n) is 5.46. The number of carbonyl (C=O) groups excluding carboxylic acids is 1. The molecule has 1 amide bonds. The number of ether oxygens (including phenoxy) is 1. The standard InChI is InChI=1S/C14H16F3N5O2/c15-14(16,17)7-24-9-3-1-8(2-4-9)5-18-13-20-11-10(6-19-22-11)12(23)21-13/h1-4,10-11,19,22H,5-7H2,(H2,18,20,21,23). The van der Waals surface area contributed by atoms with Crippen molar-refractivity contribution in [1.82, 2.24) is 21.5 Å².